The van der Waals surface area contributed by atoms with E-state index in [1.54, 1.807) is 0 Å². The summed E-state index contributed by atoms with van der Waals surface area (Å²) < 4.78 is 7.00. The minimum atomic E-state index is 0.196. The van der Waals surface area contributed by atoms with Gasteiger partial charge in [-0.05, 0) is 50.7 Å². The van der Waals surface area contributed by atoms with Crippen LogP contribution < -0.4 is 10.1 Å². The quantitative estimate of drug-likeness (QED) is 0.784. The van der Waals surface area contributed by atoms with Crippen LogP contribution in [0.15, 0.2) is 40.9 Å². The van der Waals surface area contributed by atoms with Gasteiger partial charge in [-0.2, -0.15) is 0 Å². The molecule has 0 bridgehead atoms. The van der Waals surface area contributed by atoms with Crippen molar-refractivity contribution < 1.29 is 4.74 Å². The van der Waals surface area contributed by atoms with Crippen LogP contribution in [-0.4, -0.2) is 7.05 Å². The van der Waals surface area contributed by atoms with Crippen molar-refractivity contribution in [2.45, 2.75) is 19.9 Å². The van der Waals surface area contributed by atoms with Crippen molar-refractivity contribution in [3.63, 3.8) is 0 Å². The zero-order valence-corrected chi connectivity index (χ0v) is 14.0. The van der Waals surface area contributed by atoms with E-state index in [9.17, 15) is 0 Å². The normalized spacial score (nSPS) is 12.2. The second-order valence-electron chi connectivity index (χ2n) is 4.73. The molecule has 0 aliphatic rings. The number of aryl methyl sites for hydroxylation is 1. The minimum Gasteiger partial charge on any atom is -0.455 e. The van der Waals surface area contributed by atoms with E-state index in [0.29, 0.717) is 10.8 Å². The van der Waals surface area contributed by atoms with E-state index in [0.717, 1.165) is 21.3 Å². The molecular formula is C16H17BrClNO. The maximum Gasteiger partial charge on any atom is 0.146 e. The zero-order chi connectivity index (χ0) is 14.7. The van der Waals surface area contributed by atoms with Crippen molar-refractivity contribution in [1.29, 1.82) is 0 Å². The highest BCUT2D eigenvalue weighted by atomic mass is 79.9. The number of hydrogen-bond donors (Lipinski definition) is 1. The molecule has 1 N–H and O–H groups in total. The van der Waals surface area contributed by atoms with Gasteiger partial charge in [0.1, 0.15) is 11.5 Å². The number of rotatable bonds is 4. The Hall–Kier alpha value is -1.03. The molecule has 0 aromatic heterocycles. The Morgan fingerprint density at radius 2 is 1.90 bits per heavy atom. The molecular weight excluding hydrogens is 338 g/mol. The van der Waals surface area contributed by atoms with Crippen molar-refractivity contribution in [3.8, 4) is 11.5 Å². The third kappa shape index (κ3) is 3.54. The number of hydrogen-bond acceptors (Lipinski definition) is 2. The Kier molecular flexibility index (Phi) is 5.08. The molecule has 2 rings (SSSR count). The Balaban J connectivity index is 2.41. The highest BCUT2D eigenvalue weighted by molar-refractivity contribution is 9.10. The molecule has 4 heteroatoms. The third-order valence-electron chi connectivity index (χ3n) is 3.18. The van der Waals surface area contributed by atoms with Gasteiger partial charge < -0.3 is 10.1 Å². The summed E-state index contributed by atoms with van der Waals surface area (Å²) in [6.07, 6.45) is 0. The van der Waals surface area contributed by atoms with E-state index in [1.807, 2.05) is 50.4 Å². The average molecular weight is 355 g/mol. The van der Waals surface area contributed by atoms with Crippen LogP contribution in [0.25, 0.3) is 0 Å². The van der Waals surface area contributed by atoms with Gasteiger partial charge in [0.25, 0.3) is 0 Å². The molecule has 0 amide bonds. The van der Waals surface area contributed by atoms with E-state index < -0.39 is 0 Å². The zero-order valence-electron chi connectivity index (χ0n) is 11.7. The summed E-state index contributed by atoms with van der Waals surface area (Å²) in [4.78, 5) is 0. The largest absolute Gasteiger partial charge is 0.455 e. The summed E-state index contributed by atoms with van der Waals surface area (Å²) in [6.45, 7) is 4.11. The molecule has 0 aliphatic heterocycles. The van der Waals surface area contributed by atoms with Gasteiger partial charge in [-0.25, -0.2) is 0 Å². The lowest BCUT2D eigenvalue weighted by atomic mass is 10.1. The molecule has 0 spiro atoms. The van der Waals surface area contributed by atoms with Crippen molar-refractivity contribution >= 4 is 27.5 Å². The summed E-state index contributed by atoms with van der Waals surface area (Å²) >= 11 is 9.68. The van der Waals surface area contributed by atoms with E-state index in [4.69, 9.17) is 16.3 Å². The van der Waals surface area contributed by atoms with Crippen LogP contribution in [0.1, 0.15) is 24.1 Å². The Bertz CT molecular complexity index is 615. The predicted octanol–water partition coefficient (Wildman–Crippen LogP) is 5.48. The number of nitrogens with one attached hydrogen (secondary N) is 1. The van der Waals surface area contributed by atoms with Crippen LogP contribution in [0.3, 0.4) is 0 Å². The first-order chi connectivity index (χ1) is 9.51. The first kappa shape index (κ1) is 15.4. The first-order valence-electron chi connectivity index (χ1n) is 6.42. The molecule has 2 aromatic carbocycles. The third-order valence-corrected chi connectivity index (χ3v) is 3.99. The Labute approximate surface area is 133 Å². The molecule has 106 valence electrons. The lowest BCUT2D eigenvalue weighted by Gasteiger charge is -2.17. The highest BCUT2D eigenvalue weighted by Gasteiger charge is 2.13. The van der Waals surface area contributed by atoms with E-state index in [2.05, 4.69) is 28.2 Å². The van der Waals surface area contributed by atoms with Crippen LogP contribution in [0.5, 0.6) is 11.5 Å². The van der Waals surface area contributed by atoms with Crippen LogP contribution in [0.4, 0.5) is 0 Å². The van der Waals surface area contributed by atoms with Crippen molar-refractivity contribution in [2.24, 2.45) is 0 Å². The van der Waals surface area contributed by atoms with Crippen LogP contribution in [0, 0.1) is 6.92 Å². The molecule has 0 heterocycles. The highest BCUT2D eigenvalue weighted by Crippen LogP contribution is 2.35. The topological polar surface area (TPSA) is 21.3 Å². The van der Waals surface area contributed by atoms with Gasteiger partial charge in [-0.3, -0.25) is 0 Å². The smallest absolute Gasteiger partial charge is 0.146 e. The van der Waals surface area contributed by atoms with Crippen LogP contribution in [-0.2, 0) is 0 Å². The molecule has 2 nitrogen and oxygen atoms in total. The molecule has 0 radical (unpaired) electrons. The van der Waals surface area contributed by atoms with E-state index >= 15 is 0 Å². The summed E-state index contributed by atoms with van der Waals surface area (Å²) in [5.74, 6) is 1.48. The minimum absolute atomic E-state index is 0.196. The Morgan fingerprint density at radius 3 is 2.60 bits per heavy atom. The second kappa shape index (κ2) is 6.61. The van der Waals surface area contributed by atoms with Gasteiger partial charge in [0.15, 0.2) is 0 Å². The molecule has 0 fully saturated rings. The van der Waals surface area contributed by atoms with Gasteiger partial charge in [-0.15, -0.1) is 0 Å². The number of benzene rings is 2. The molecule has 0 saturated carbocycles. The lowest BCUT2D eigenvalue weighted by molar-refractivity contribution is 0.466. The second-order valence-corrected chi connectivity index (χ2v) is 6.05. The lowest BCUT2D eigenvalue weighted by Crippen LogP contribution is -2.13. The molecule has 1 unspecified atom stereocenters. The van der Waals surface area contributed by atoms with Crippen LogP contribution in [0.2, 0.25) is 5.02 Å². The van der Waals surface area contributed by atoms with E-state index in [-0.39, 0.29) is 6.04 Å². The molecule has 0 saturated heterocycles. The van der Waals surface area contributed by atoms with E-state index in [1.165, 1.54) is 0 Å². The van der Waals surface area contributed by atoms with Crippen molar-refractivity contribution in [2.75, 3.05) is 7.05 Å². The van der Waals surface area contributed by atoms with Gasteiger partial charge in [0, 0.05) is 16.1 Å². The standard InChI is InChI=1S/C16H17BrClNO/c1-10-4-7-14(18)16(8-10)20-15-9-12(17)5-6-13(15)11(2)19-3/h4-9,11,19H,1-3H3. The maximum absolute atomic E-state index is 6.20. The summed E-state index contributed by atoms with van der Waals surface area (Å²) in [5.41, 5.74) is 2.20. The molecule has 20 heavy (non-hydrogen) atoms. The van der Waals surface area contributed by atoms with Crippen molar-refractivity contribution in [3.05, 3.63) is 57.0 Å². The summed E-state index contributed by atoms with van der Waals surface area (Å²) in [6, 6.07) is 12.0. The molecule has 0 aliphatic carbocycles. The maximum atomic E-state index is 6.20. The Morgan fingerprint density at radius 1 is 1.15 bits per heavy atom. The average Bonchev–Trinajstić information content (AvgIpc) is 2.42. The van der Waals surface area contributed by atoms with Gasteiger partial charge in [0.05, 0.1) is 5.02 Å². The monoisotopic (exact) mass is 353 g/mol. The predicted molar refractivity (Wildman–Crippen MR) is 87.9 cm³/mol. The summed E-state index contributed by atoms with van der Waals surface area (Å²) in [7, 11) is 1.93. The fourth-order valence-electron chi connectivity index (χ4n) is 1.92. The first-order valence-corrected chi connectivity index (χ1v) is 7.59. The van der Waals surface area contributed by atoms with Gasteiger partial charge in [-0.1, -0.05) is 39.7 Å². The van der Waals surface area contributed by atoms with Gasteiger partial charge in [0.2, 0.25) is 0 Å². The van der Waals surface area contributed by atoms with Crippen molar-refractivity contribution in [1.82, 2.24) is 5.32 Å². The van der Waals surface area contributed by atoms with Crippen LogP contribution >= 0.6 is 27.5 Å². The van der Waals surface area contributed by atoms with Gasteiger partial charge >= 0.3 is 0 Å². The molecule has 1 atom stereocenters. The number of ether oxygens (including phenoxy) is 1. The number of halogens is 2. The SMILES string of the molecule is CNC(C)c1ccc(Br)cc1Oc1cc(C)ccc1Cl. The fourth-order valence-corrected chi connectivity index (χ4v) is 2.41. The fraction of sp³-hybridized carbons (Fsp3) is 0.250. The molecule has 2 aromatic rings. The summed E-state index contributed by atoms with van der Waals surface area (Å²) in [5, 5.41) is 3.83.